The maximum absolute atomic E-state index is 11.3. The normalized spacial score (nSPS) is 11.3. The second kappa shape index (κ2) is 23.5. The van der Waals surface area contributed by atoms with Gasteiger partial charge in [0.15, 0.2) is 0 Å². The molecular formula is C21H43KO4S. The molecule has 0 spiro atoms. The van der Waals surface area contributed by atoms with E-state index in [-0.39, 0.29) is 66.0 Å². The average Bonchev–Trinajstić information content (AvgIpc) is 2.62. The fraction of sp³-hybridized carbons (Fsp3) is 0.905. The third-order valence-electron chi connectivity index (χ3n) is 4.56. The molecule has 4 nitrogen and oxygen atoms in total. The quantitative estimate of drug-likeness (QED) is 0.158. The van der Waals surface area contributed by atoms with Gasteiger partial charge in [0.05, 0.1) is 13.2 Å². The van der Waals surface area contributed by atoms with Gasteiger partial charge >= 0.3 is 61.8 Å². The zero-order chi connectivity index (χ0) is 19.3. The summed E-state index contributed by atoms with van der Waals surface area (Å²) in [5.74, 6) is 0. The Hall–Kier alpha value is 1.25. The van der Waals surface area contributed by atoms with Crippen molar-refractivity contribution >= 4 is 10.4 Å². The van der Waals surface area contributed by atoms with Crippen molar-refractivity contribution in [3.8, 4) is 0 Å². The van der Waals surface area contributed by atoms with E-state index < -0.39 is 10.4 Å². The minimum atomic E-state index is -3.84. The Labute approximate surface area is 213 Å². The molecule has 0 bridgehead atoms. The number of rotatable bonds is 21. The van der Waals surface area contributed by atoms with Gasteiger partial charge in [-0.1, -0.05) is 109 Å². The predicted octanol–water partition coefficient (Wildman–Crippen LogP) is 3.83. The average molecular weight is 431 g/mol. The fourth-order valence-corrected chi connectivity index (χ4v) is 3.63. The minimum Gasteiger partial charge on any atom is -1.00 e. The fourth-order valence-electron chi connectivity index (χ4n) is 2.98. The molecule has 0 amide bonds. The minimum absolute atomic E-state index is 0. The molecule has 0 N–H and O–H groups in total. The van der Waals surface area contributed by atoms with Gasteiger partial charge in [0, 0.05) is 0 Å². The Balaban J connectivity index is -0.00000312. The van der Waals surface area contributed by atoms with E-state index in [0.717, 1.165) is 19.3 Å². The van der Waals surface area contributed by atoms with Crippen molar-refractivity contribution in [3.05, 3.63) is 12.7 Å². The van der Waals surface area contributed by atoms with Crippen molar-refractivity contribution < 1.29 is 69.6 Å². The molecule has 0 radical (unpaired) electrons. The summed E-state index contributed by atoms with van der Waals surface area (Å²) in [6, 6.07) is 0. The number of unbranched alkanes of at least 4 members (excludes halogenated alkanes) is 15. The van der Waals surface area contributed by atoms with Crippen LogP contribution in [0, 0.1) is 0 Å². The van der Waals surface area contributed by atoms with Gasteiger partial charge in [-0.25, -0.2) is 8.37 Å². The van der Waals surface area contributed by atoms with Crippen LogP contribution in [-0.4, -0.2) is 21.6 Å². The van der Waals surface area contributed by atoms with Crippen LogP contribution in [0.3, 0.4) is 0 Å². The summed E-state index contributed by atoms with van der Waals surface area (Å²) in [5, 5.41) is 0. The van der Waals surface area contributed by atoms with Crippen molar-refractivity contribution in [2.45, 2.75) is 110 Å². The van der Waals surface area contributed by atoms with Gasteiger partial charge in [-0.3, -0.25) is 0 Å². The Morgan fingerprint density at radius 3 is 1.44 bits per heavy atom. The van der Waals surface area contributed by atoms with Crippen LogP contribution < -0.4 is 51.4 Å². The molecule has 0 atom stereocenters. The van der Waals surface area contributed by atoms with E-state index in [1.165, 1.54) is 89.5 Å². The first-order valence-corrected chi connectivity index (χ1v) is 12.1. The third kappa shape index (κ3) is 25.2. The van der Waals surface area contributed by atoms with Gasteiger partial charge < -0.3 is 1.43 Å². The first-order valence-electron chi connectivity index (χ1n) is 10.8. The second-order valence-electron chi connectivity index (χ2n) is 7.11. The van der Waals surface area contributed by atoms with Crippen molar-refractivity contribution in [1.29, 1.82) is 0 Å². The molecule has 6 heteroatoms. The zero-order valence-corrected chi connectivity index (χ0v) is 22.0. The summed E-state index contributed by atoms with van der Waals surface area (Å²) in [6.45, 7) is 5.83. The Morgan fingerprint density at radius 2 is 1.07 bits per heavy atom. The van der Waals surface area contributed by atoms with E-state index in [1.807, 2.05) is 0 Å². The first kappa shape index (κ1) is 30.4. The molecule has 0 heterocycles. The molecular weight excluding hydrogens is 387 g/mol. The predicted molar refractivity (Wildman–Crippen MR) is 112 cm³/mol. The molecule has 0 aromatic rings. The summed E-state index contributed by atoms with van der Waals surface area (Å²) >= 11 is 0. The molecule has 0 saturated heterocycles. The van der Waals surface area contributed by atoms with Gasteiger partial charge in [0.2, 0.25) is 0 Å². The first-order chi connectivity index (χ1) is 12.6. The molecule has 0 aromatic heterocycles. The van der Waals surface area contributed by atoms with E-state index in [2.05, 4.69) is 17.7 Å². The smallest absolute Gasteiger partial charge is 1.00 e. The zero-order valence-electron chi connectivity index (χ0n) is 19.1. The van der Waals surface area contributed by atoms with Crippen LogP contribution in [0.4, 0.5) is 0 Å². The number of hydrogen-bond donors (Lipinski definition) is 0. The van der Waals surface area contributed by atoms with E-state index >= 15 is 0 Å². The van der Waals surface area contributed by atoms with Crippen LogP contribution in [-0.2, 0) is 18.8 Å². The van der Waals surface area contributed by atoms with Gasteiger partial charge in [-0.2, -0.15) is 8.42 Å². The number of hydrogen-bond acceptors (Lipinski definition) is 4. The molecule has 0 aliphatic carbocycles. The summed E-state index contributed by atoms with van der Waals surface area (Å²) in [7, 11) is -3.84. The Kier molecular flexibility index (Phi) is 26.5. The SMILES string of the molecule is C=CCOS(=O)(=O)OCCCCCCCCCCCCCCCCCC.[H-].[K+]. The molecule has 0 aliphatic rings. The van der Waals surface area contributed by atoms with E-state index in [1.54, 1.807) is 0 Å². The summed E-state index contributed by atoms with van der Waals surface area (Å²) in [6.07, 6.45) is 22.1. The molecule has 158 valence electrons. The largest absolute Gasteiger partial charge is 1.00 e. The van der Waals surface area contributed by atoms with Crippen LogP contribution in [0.25, 0.3) is 0 Å². The van der Waals surface area contributed by atoms with Crippen molar-refractivity contribution in [2.75, 3.05) is 13.2 Å². The topological polar surface area (TPSA) is 52.6 Å². The summed E-state index contributed by atoms with van der Waals surface area (Å²) in [4.78, 5) is 0. The monoisotopic (exact) mass is 430 g/mol. The van der Waals surface area contributed by atoms with E-state index in [9.17, 15) is 8.42 Å². The van der Waals surface area contributed by atoms with Crippen LogP contribution in [0.5, 0.6) is 0 Å². The molecule has 27 heavy (non-hydrogen) atoms. The second-order valence-corrected chi connectivity index (χ2v) is 8.39. The summed E-state index contributed by atoms with van der Waals surface area (Å²) in [5.41, 5.74) is 0. The van der Waals surface area contributed by atoms with Gasteiger partial charge in [0.1, 0.15) is 0 Å². The van der Waals surface area contributed by atoms with Crippen molar-refractivity contribution in [3.63, 3.8) is 0 Å². The molecule has 0 fully saturated rings. The van der Waals surface area contributed by atoms with Crippen LogP contribution in [0.1, 0.15) is 111 Å². The molecule has 0 unspecified atom stereocenters. The molecule has 0 aliphatic heterocycles. The molecule has 0 aromatic carbocycles. The van der Waals surface area contributed by atoms with Crippen LogP contribution in [0.15, 0.2) is 12.7 Å². The molecule has 0 saturated carbocycles. The van der Waals surface area contributed by atoms with Crippen molar-refractivity contribution in [1.82, 2.24) is 0 Å². The van der Waals surface area contributed by atoms with Gasteiger partial charge in [0.25, 0.3) is 0 Å². The standard InChI is InChI=1S/C21H42O4S.K.H/c1-3-5-6-7-8-9-10-11-12-13-14-15-16-17-18-19-21-25-26(22,23)24-20-4-2;;/h4H,2-3,5-21H2,1H3;;/q;+1;-1. The maximum atomic E-state index is 11.3. The molecule has 0 rings (SSSR count). The van der Waals surface area contributed by atoms with Crippen LogP contribution >= 0.6 is 0 Å². The van der Waals surface area contributed by atoms with E-state index in [4.69, 9.17) is 4.18 Å². The van der Waals surface area contributed by atoms with Gasteiger partial charge in [-0.05, 0) is 6.42 Å². The third-order valence-corrected chi connectivity index (χ3v) is 5.44. The Morgan fingerprint density at radius 1 is 0.704 bits per heavy atom. The van der Waals surface area contributed by atoms with Crippen molar-refractivity contribution in [2.24, 2.45) is 0 Å². The Bertz CT molecular complexity index is 405. The summed E-state index contributed by atoms with van der Waals surface area (Å²) < 4.78 is 31.8. The maximum Gasteiger partial charge on any atom is 1.00 e. The van der Waals surface area contributed by atoms with Gasteiger partial charge in [-0.15, -0.1) is 6.58 Å². The van der Waals surface area contributed by atoms with Crippen LogP contribution in [0.2, 0.25) is 0 Å². The van der Waals surface area contributed by atoms with E-state index in [0.29, 0.717) is 0 Å².